The van der Waals surface area contributed by atoms with Gasteiger partial charge in [-0.25, -0.2) is 13.2 Å². The van der Waals surface area contributed by atoms with Crippen molar-refractivity contribution in [1.82, 2.24) is 0 Å². The van der Waals surface area contributed by atoms with Gasteiger partial charge in [0, 0.05) is 11.1 Å². The van der Waals surface area contributed by atoms with Crippen LogP contribution in [-0.4, -0.2) is 21.8 Å². The minimum Gasteiger partial charge on any atom is -0.504 e. The van der Waals surface area contributed by atoms with Gasteiger partial charge in [-0.05, 0) is 12.1 Å². The van der Waals surface area contributed by atoms with Crippen LogP contribution in [0.3, 0.4) is 0 Å². The molecule has 22 heavy (non-hydrogen) atoms. The van der Waals surface area contributed by atoms with E-state index < -0.39 is 68.5 Å². The molecular weight excluding hydrogens is 303 g/mol. The summed E-state index contributed by atoms with van der Waals surface area (Å²) in [6, 6.07) is 1.46. The number of aromatic hydroxyl groups is 2. The number of benzene rings is 2. The molecule has 0 fully saturated rings. The number of nitrogen functional groups attached to an aromatic ring is 1. The van der Waals surface area contributed by atoms with Gasteiger partial charge in [0.15, 0.2) is 40.5 Å². The minimum atomic E-state index is -1.77. The lowest BCUT2D eigenvalue weighted by atomic mass is 9.82. The summed E-state index contributed by atoms with van der Waals surface area (Å²) in [5.41, 5.74) is 0.811. The fourth-order valence-electron chi connectivity index (χ4n) is 2.33. The molecule has 0 radical (unpaired) electrons. The van der Waals surface area contributed by atoms with Crippen LogP contribution in [-0.2, 0) is 0 Å². The summed E-state index contributed by atoms with van der Waals surface area (Å²) < 4.78 is 41.4. The van der Waals surface area contributed by atoms with Crippen molar-refractivity contribution >= 4 is 17.3 Å². The van der Waals surface area contributed by atoms with E-state index in [2.05, 4.69) is 0 Å². The topological polar surface area (TPSA) is 101 Å². The highest BCUT2D eigenvalue weighted by Gasteiger charge is 2.38. The third-order valence-electron chi connectivity index (χ3n) is 3.41. The van der Waals surface area contributed by atoms with Gasteiger partial charge in [0.1, 0.15) is 5.69 Å². The normalized spacial score (nSPS) is 13.0. The fourth-order valence-corrected chi connectivity index (χ4v) is 2.33. The van der Waals surface area contributed by atoms with Crippen molar-refractivity contribution in [3.8, 4) is 11.5 Å². The Hall–Kier alpha value is -3.03. The van der Waals surface area contributed by atoms with Crippen LogP contribution in [0.2, 0.25) is 0 Å². The van der Waals surface area contributed by atoms with Gasteiger partial charge < -0.3 is 15.9 Å². The lowest BCUT2D eigenvalue weighted by Gasteiger charge is -2.20. The maximum atomic E-state index is 14.0. The number of halogens is 3. The summed E-state index contributed by atoms with van der Waals surface area (Å²) in [4.78, 5) is 24.4. The first-order valence-corrected chi connectivity index (χ1v) is 5.87. The number of hydrogen-bond donors (Lipinski definition) is 3. The molecule has 1 aliphatic rings. The van der Waals surface area contributed by atoms with Crippen molar-refractivity contribution in [2.24, 2.45) is 0 Å². The van der Waals surface area contributed by atoms with Crippen LogP contribution in [0.1, 0.15) is 31.8 Å². The number of rotatable bonds is 0. The Morgan fingerprint density at radius 1 is 0.773 bits per heavy atom. The average Bonchev–Trinajstić information content (AvgIpc) is 2.48. The van der Waals surface area contributed by atoms with Crippen molar-refractivity contribution in [2.45, 2.75) is 0 Å². The van der Waals surface area contributed by atoms with E-state index in [4.69, 9.17) is 5.73 Å². The molecule has 2 aromatic carbocycles. The molecule has 4 N–H and O–H groups in total. The number of anilines is 1. The quantitative estimate of drug-likeness (QED) is 0.334. The second kappa shape index (κ2) is 4.23. The Morgan fingerprint density at radius 2 is 1.18 bits per heavy atom. The molecule has 3 rings (SSSR count). The number of phenolic OH excluding ortho intramolecular Hbond substituents is 2. The number of nitrogens with two attached hydrogens (primary N) is 1. The SMILES string of the molecule is Nc1c(F)c(F)c2c(c1F)C(=O)c1cc(O)c(O)cc1C2=O. The molecule has 0 aromatic heterocycles. The monoisotopic (exact) mass is 309 g/mol. The number of phenols is 2. The second-order valence-electron chi connectivity index (χ2n) is 4.65. The third kappa shape index (κ3) is 1.54. The number of ketones is 2. The van der Waals surface area contributed by atoms with E-state index in [1.165, 1.54) is 0 Å². The minimum absolute atomic E-state index is 0.447. The third-order valence-corrected chi connectivity index (χ3v) is 3.41. The first-order valence-electron chi connectivity index (χ1n) is 5.87. The summed E-state index contributed by atoms with van der Waals surface area (Å²) in [5.74, 6) is -8.88. The summed E-state index contributed by atoms with van der Waals surface area (Å²) in [6.45, 7) is 0. The van der Waals surface area contributed by atoms with Crippen molar-refractivity contribution in [3.05, 3.63) is 51.8 Å². The van der Waals surface area contributed by atoms with Crippen molar-refractivity contribution < 1.29 is 33.0 Å². The van der Waals surface area contributed by atoms with E-state index in [0.29, 0.717) is 0 Å². The standard InChI is InChI=1S/C14H6F3NO4/c15-9-7-8(10(16)12(18)11(9)17)14(22)4-2-6(20)5(19)1-3(4)13(7)21/h1-2,19-20H,18H2. The summed E-state index contributed by atoms with van der Waals surface area (Å²) in [5, 5.41) is 18.8. The Kier molecular flexibility index (Phi) is 2.68. The maximum Gasteiger partial charge on any atom is 0.197 e. The molecule has 0 heterocycles. The molecule has 0 spiro atoms. The highest BCUT2D eigenvalue weighted by atomic mass is 19.2. The van der Waals surface area contributed by atoms with Gasteiger partial charge in [-0.15, -0.1) is 0 Å². The molecule has 112 valence electrons. The highest BCUT2D eigenvalue weighted by Crippen LogP contribution is 2.38. The Balaban J connectivity index is 2.44. The zero-order chi connectivity index (χ0) is 16.3. The van der Waals surface area contributed by atoms with Gasteiger partial charge >= 0.3 is 0 Å². The molecule has 0 atom stereocenters. The molecule has 0 saturated carbocycles. The molecule has 0 unspecified atom stereocenters. The molecule has 1 aliphatic carbocycles. The predicted octanol–water partition coefficient (Wildman–Crippen LogP) is 1.87. The number of carbonyl (C=O) groups excluding carboxylic acids is 2. The van der Waals surface area contributed by atoms with Gasteiger partial charge in [-0.1, -0.05) is 0 Å². The van der Waals surface area contributed by atoms with E-state index >= 15 is 0 Å². The van der Waals surface area contributed by atoms with E-state index in [1.54, 1.807) is 0 Å². The second-order valence-corrected chi connectivity index (χ2v) is 4.65. The van der Waals surface area contributed by atoms with Crippen LogP contribution in [0.5, 0.6) is 11.5 Å². The molecule has 0 saturated heterocycles. The van der Waals surface area contributed by atoms with Crippen LogP contribution < -0.4 is 5.73 Å². The number of fused-ring (bicyclic) bond motifs is 2. The fraction of sp³-hybridized carbons (Fsp3) is 0. The zero-order valence-corrected chi connectivity index (χ0v) is 10.6. The van der Waals surface area contributed by atoms with E-state index in [-0.39, 0.29) is 0 Å². The van der Waals surface area contributed by atoms with Crippen LogP contribution in [0.4, 0.5) is 18.9 Å². The van der Waals surface area contributed by atoms with Crippen LogP contribution in [0, 0.1) is 17.5 Å². The largest absolute Gasteiger partial charge is 0.504 e. The van der Waals surface area contributed by atoms with Gasteiger partial charge in [0.25, 0.3) is 0 Å². The van der Waals surface area contributed by atoms with E-state index in [0.717, 1.165) is 12.1 Å². The van der Waals surface area contributed by atoms with E-state index in [1.807, 2.05) is 0 Å². The smallest absolute Gasteiger partial charge is 0.197 e. The van der Waals surface area contributed by atoms with Gasteiger partial charge in [-0.2, -0.15) is 0 Å². The summed E-state index contributed by atoms with van der Waals surface area (Å²) in [7, 11) is 0. The molecule has 0 aliphatic heterocycles. The first kappa shape index (κ1) is 13.9. The molecule has 2 aromatic rings. The van der Waals surface area contributed by atoms with Crippen molar-refractivity contribution in [2.75, 3.05) is 5.73 Å². The van der Waals surface area contributed by atoms with Crippen molar-refractivity contribution in [1.29, 1.82) is 0 Å². The molecule has 8 heteroatoms. The average molecular weight is 309 g/mol. The number of carbonyl (C=O) groups is 2. The molecule has 5 nitrogen and oxygen atoms in total. The number of hydrogen-bond acceptors (Lipinski definition) is 5. The van der Waals surface area contributed by atoms with Gasteiger partial charge in [0.2, 0.25) is 0 Å². The highest BCUT2D eigenvalue weighted by molar-refractivity contribution is 6.29. The maximum absolute atomic E-state index is 14.0. The van der Waals surface area contributed by atoms with Gasteiger partial charge in [0.05, 0.1) is 11.1 Å². The Labute approximate surface area is 120 Å². The van der Waals surface area contributed by atoms with Crippen LogP contribution in [0.25, 0.3) is 0 Å². The lowest BCUT2D eigenvalue weighted by molar-refractivity contribution is 0.0970. The molecule has 0 bridgehead atoms. The predicted molar refractivity (Wildman–Crippen MR) is 67.4 cm³/mol. The van der Waals surface area contributed by atoms with Crippen LogP contribution in [0.15, 0.2) is 12.1 Å². The first-order chi connectivity index (χ1) is 10.3. The van der Waals surface area contributed by atoms with Crippen LogP contribution >= 0.6 is 0 Å². The molecular formula is C14H6F3NO4. The summed E-state index contributed by atoms with van der Waals surface area (Å²) >= 11 is 0. The summed E-state index contributed by atoms with van der Waals surface area (Å²) in [6.07, 6.45) is 0. The lowest BCUT2D eigenvalue weighted by Crippen LogP contribution is -2.25. The van der Waals surface area contributed by atoms with Gasteiger partial charge in [-0.3, -0.25) is 9.59 Å². The molecule has 0 amide bonds. The Morgan fingerprint density at radius 3 is 1.64 bits per heavy atom. The zero-order valence-electron chi connectivity index (χ0n) is 10.6. The van der Waals surface area contributed by atoms with Crippen molar-refractivity contribution in [3.63, 3.8) is 0 Å². The Bertz CT molecular complexity index is 821. The van der Waals surface area contributed by atoms with E-state index in [9.17, 15) is 33.0 Å².